The van der Waals surface area contributed by atoms with Gasteiger partial charge >= 0.3 is 6.03 Å². The number of ether oxygens (including phenoxy) is 1. The van der Waals surface area contributed by atoms with E-state index in [1.165, 1.54) is 0 Å². The molecule has 0 spiro atoms. The number of anilines is 1. The van der Waals surface area contributed by atoms with Crippen LogP contribution >= 0.6 is 0 Å². The number of H-pyrrole nitrogens is 1. The summed E-state index contributed by atoms with van der Waals surface area (Å²) in [7, 11) is 0. The Bertz CT molecular complexity index is 668. The lowest BCUT2D eigenvalue weighted by Crippen LogP contribution is -2.52. The maximum absolute atomic E-state index is 12.4. The lowest BCUT2D eigenvalue weighted by atomic mass is 10.1. The van der Waals surface area contributed by atoms with Crippen molar-refractivity contribution >= 4 is 22.8 Å². The molecule has 1 saturated heterocycles. The Hall–Kier alpha value is -2.15. The van der Waals surface area contributed by atoms with Crippen molar-refractivity contribution in [2.24, 2.45) is 0 Å². The second kappa shape index (κ2) is 5.33. The Balaban J connectivity index is 1.77. The molecule has 21 heavy (non-hydrogen) atoms. The van der Waals surface area contributed by atoms with Crippen molar-refractivity contribution in [3.8, 4) is 0 Å². The van der Waals surface area contributed by atoms with Crippen LogP contribution in [-0.2, 0) is 4.74 Å². The topological polar surface area (TPSA) is 83.1 Å². The molecule has 0 unspecified atom stereocenters. The van der Waals surface area contributed by atoms with Crippen molar-refractivity contribution in [3.05, 3.63) is 18.0 Å². The number of aryl methyl sites for hydroxylation is 1. The third kappa shape index (κ3) is 2.56. The molecule has 1 aliphatic rings. The molecule has 2 aromatic rings. The van der Waals surface area contributed by atoms with Crippen LogP contribution in [0.15, 0.2) is 12.3 Å². The van der Waals surface area contributed by atoms with E-state index < -0.39 is 0 Å². The molecule has 2 amide bonds. The van der Waals surface area contributed by atoms with E-state index in [9.17, 15) is 4.79 Å². The molecule has 2 N–H and O–H groups in total. The summed E-state index contributed by atoms with van der Waals surface area (Å²) in [4.78, 5) is 18.4. The Morgan fingerprint density at radius 1 is 1.52 bits per heavy atom. The normalized spacial score (nSPS) is 22.5. The standard InChI is InChI=1S/C14H19N5O2/c1-8-12-6-11(7-15-13(12)18-17-8)16-14(20)19-4-5-21-10(3)9(19)2/h6-7,9-10H,4-5H2,1-3H3,(H,16,20)(H,15,17,18)/t9-,10+/m0/s1. The first-order valence-corrected chi connectivity index (χ1v) is 7.06. The smallest absolute Gasteiger partial charge is 0.322 e. The maximum Gasteiger partial charge on any atom is 0.322 e. The molecule has 0 bridgehead atoms. The Kier molecular flexibility index (Phi) is 3.50. The van der Waals surface area contributed by atoms with Gasteiger partial charge in [-0.3, -0.25) is 5.10 Å². The summed E-state index contributed by atoms with van der Waals surface area (Å²) in [6.45, 7) is 7.06. The van der Waals surface area contributed by atoms with Crippen molar-refractivity contribution in [2.75, 3.05) is 18.5 Å². The van der Waals surface area contributed by atoms with Gasteiger partial charge in [-0.15, -0.1) is 0 Å². The van der Waals surface area contributed by atoms with Gasteiger partial charge in [0.2, 0.25) is 0 Å². The van der Waals surface area contributed by atoms with Crippen molar-refractivity contribution in [3.63, 3.8) is 0 Å². The van der Waals surface area contributed by atoms with Gasteiger partial charge in [0.1, 0.15) is 0 Å². The first-order chi connectivity index (χ1) is 10.1. The number of nitrogens with zero attached hydrogens (tertiary/aromatic N) is 3. The van der Waals surface area contributed by atoms with Crippen LogP contribution in [0.3, 0.4) is 0 Å². The number of carbonyl (C=O) groups excluding carboxylic acids is 1. The van der Waals surface area contributed by atoms with Crippen LogP contribution in [0.5, 0.6) is 0 Å². The van der Waals surface area contributed by atoms with Crippen LogP contribution in [0.4, 0.5) is 10.5 Å². The predicted molar refractivity (Wildman–Crippen MR) is 79.2 cm³/mol. The molecule has 0 aliphatic carbocycles. The zero-order valence-electron chi connectivity index (χ0n) is 12.4. The Morgan fingerprint density at radius 2 is 2.33 bits per heavy atom. The quantitative estimate of drug-likeness (QED) is 0.840. The summed E-state index contributed by atoms with van der Waals surface area (Å²) in [5.74, 6) is 0. The number of aromatic nitrogens is 3. The van der Waals surface area contributed by atoms with Crippen LogP contribution in [0.1, 0.15) is 19.5 Å². The van der Waals surface area contributed by atoms with E-state index in [1.807, 2.05) is 26.8 Å². The van der Waals surface area contributed by atoms with Crippen LogP contribution < -0.4 is 5.32 Å². The molecule has 2 aromatic heterocycles. The van der Waals surface area contributed by atoms with Gasteiger partial charge in [0.05, 0.1) is 30.6 Å². The summed E-state index contributed by atoms with van der Waals surface area (Å²) in [5.41, 5.74) is 2.25. The average Bonchev–Trinajstić information content (AvgIpc) is 2.83. The van der Waals surface area contributed by atoms with E-state index in [4.69, 9.17) is 4.74 Å². The summed E-state index contributed by atoms with van der Waals surface area (Å²) >= 11 is 0. The van der Waals surface area contributed by atoms with E-state index in [0.29, 0.717) is 24.5 Å². The van der Waals surface area contributed by atoms with Crippen molar-refractivity contribution in [2.45, 2.75) is 32.9 Å². The highest BCUT2D eigenvalue weighted by Crippen LogP contribution is 2.19. The largest absolute Gasteiger partial charge is 0.375 e. The van der Waals surface area contributed by atoms with Gasteiger partial charge in [0, 0.05) is 17.6 Å². The SMILES string of the molecule is Cc1[nH]nc2ncc(NC(=O)N3CCO[C@H](C)[C@@H]3C)cc12. The number of nitrogens with one attached hydrogen (secondary N) is 2. The van der Waals surface area contributed by atoms with Crippen molar-refractivity contribution in [1.82, 2.24) is 20.1 Å². The molecule has 7 nitrogen and oxygen atoms in total. The van der Waals surface area contributed by atoms with Crippen molar-refractivity contribution < 1.29 is 9.53 Å². The fourth-order valence-electron chi connectivity index (χ4n) is 2.50. The first-order valence-electron chi connectivity index (χ1n) is 7.06. The van der Waals surface area contributed by atoms with Gasteiger partial charge in [0.15, 0.2) is 5.65 Å². The van der Waals surface area contributed by atoms with Crippen molar-refractivity contribution in [1.29, 1.82) is 0 Å². The number of urea groups is 1. The lowest BCUT2D eigenvalue weighted by molar-refractivity contribution is -0.0355. The van der Waals surface area contributed by atoms with Crippen LogP contribution in [-0.4, -0.2) is 51.4 Å². The zero-order chi connectivity index (χ0) is 15.0. The number of hydrogen-bond acceptors (Lipinski definition) is 4. The van der Waals surface area contributed by atoms with E-state index in [1.54, 1.807) is 11.1 Å². The summed E-state index contributed by atoms with van der Waals surface area (Å²) in [5, 5.41) is 10.8. The highest BCUT2D eigenvalue weighted by molar-refractivity contribution is 5.92. The van der Waals surface area contributed by atoms with Gasteiger partial charge in [-0.2, -0.15) is 5.10 Å². The minimum absolute atomic E-state index is 0.0428. The maximum atomic E-state index is 12.4. The lowest BCUT2D eigenvalue weighted by Gasteiger charge is -2.37. The van der Waals surface area contributed by atoms with Gasteiger partial charge in [-0.1, -0.05) is 0 Å². The molecule has 3 heterocycles. The molecule has 1 aliphatic heterocycles. The number of morpholine rings is 1. The van der Waals surface area contributed by atoms with E-state index in [-0.39, 0.29) is 18.2 Å². The van der Waals surface area contributed by atoms with Gasteiger partial charge in [-0.25, -0.2) is 9.78 Å². The number of aromatic amines is 1. The molecule has 2 atom stereocenters. The summed E-state index contributed by atoms with van der Waals surface area (Å²) in [6.07, 6.45) is 1.66. The van der Waals surface area contributed by atoms with E-state index in [2.05, 4.69) is 20.5 Å². The third-order valence-corrected chi connectivity index (χ3v) is 4.00. The number of fused-ring (bicyclic) bond motifs is 1. The number of amides is 2. The molecule has 0 aromatic carbocycles. The molecule has 3 rings (SSSR count). The van der Waals surface area contributed by atoms with Gasteiger partial charge in [0.25, 0.3) is 0 Å². The molecule has 7 heteroatoms. The summed E-state index contributed by atoms with van der Waals surface area (Å²) < 4.78 is 5.54. The minimum Gasteiger partial charge on any atom is -0.375 e. The highest BCUT2D eigenvalue weighted by Gasteiger charge is 2.29. The average molecular weight is 289 g/mol. The fourth-order valence-corrected chi connectivity index (χ4v) is 2.50. The van der Waals surface area contributed by atoms with Crippen LogP contribution in [0, 0.1) is 6.92 Å². The molecule has 0 radical (unpaired) electrons. The number of rotatable bonds is 1. The Morgan fingerprint density at radius 3 is 3.14 bits per heavy atom. The minimum atomic E-state index is -0.125. The van der Waals surface area contributed by atoms with Crippen LogP contribution in [0.25, 0.3) is 11.0 Å². The van der Waals surface area contributed by atoms with E-state index in [0.717, 1.165) is 11.1 Å². The number of carbonyl (C=O) groups is 1. The second-order valence-corrected chi connectivity index (χ2v) is 5.38. The highest BCUT2D eigenvalue weighted by atomic mass is 16.5. The van der Waals surface area contributed by atoms with Gasteiger partial charge < -0.3 is 15.0 Å². The Labute approximate surface area is 122 Å². The van der Waals surface area contributed by atoms with E-state index >= 15 is 0 Å². The molecule has 112 valence electrons. The molecule has 0 saturated carbocycles. The van der Waals surface area contributed by atoms with Gasteiger partial charge in [-0.05, 0) is 26.8 Å². The first kappa shape index (κ1) is 13.8. The molecular weight excluding hydrogens is 270 g/mol. The zero-order valence-corrected chi connectivity index (χ0v) is 12.4. The third-order valence-electron chi connectivity index (χ3n) is 4.00. The number of hydrogen-bond donors (Lipinski definition) is 2. The molecule has 1 fully saturated rings. The molecular formula is C14H19N5O2. The monoisotopic (exact) mass is 289 g/mol. The predicted octanol–water partition coefficient (Wildman–Crippen LogP) is 1.91. The second-order valence-electron chi connectivity index (χ2n) is 5.38. The summed E-state index contributed by atoms with van der Waals surface area (Å²) in [6, 6.07) is 1.80. The number of pyridine rings is 1. The fraction of sp³-hybridized carbons (Fsp3) is 0.500. The van der Waals surface area contributed by atoms with Crippen LogP contribution in [0.2, 0.25) is 0 Å².